The van der Waals surface area contributed by atoms with Crippen molar-refractivity contribution in [2.24, 2.45) is 0 Å². The van der Waals surface area contributed by atoms with Gasteiger partial charge in [-0.2, -0.15) is 0 Å². The van der Waals surface area contributed by atoms with Crippen molar-refractivity contribution in [2.45, 2.75) is 0 Å². The van der Waals surface area contributed by atoms with Gasteiger partial charge in [0.05, 0.1) is 17.6 Å². The molecule has 0 aliphatic carbocycles. The number of anilines is 3. The highest BCUT2D eigenvalue weighted by Crippen LogP contribution is 2.44. The molecule has 0 unspecified atom stereocenters. The van der Waals surface area contributed by atoms with Crippen LogP contribution in [0.2, 0.25) is 0 Å². The highest BCUT2D eigenvalue weighted by molar-refractivity contribution is 6.08. The van der Waals surface area contributed by atoms with E-state index in [-0.39, 0.29) is 0 Å². The highest BCUT2D eigenvalue weighted by atomic mass is 16.3. The smallest absolute Gasteiger partial charge is 0.227 e. The van der Waals surface area contributed by atoms with Gasteiger partial charge in [0, 0.05) is 45.6 Å². The summed E-state index contributed by atoms with van der Waals surface area (Å²) in [5.41, 5.74) is 8.95. The van der Waals surface area contributed by atoms with Crippen LogP contribution in [0.25, 0.3) is 66.0 Å². The average molecular weight is 554 g/mol. The molecule has 9 rings (SSSR count). The minimum absolute atomic E-state index is 0.628. The second kappa shape index (κ2) is 9.29. The van der Waals surface area contributed by atoms with Gasteiger partial charge in [0.15, 0.2) is 5.58 Å². The normalized spacial score (nSPS) is 11.7. The maximum Gasteiger partial charge on any atom is 0.227 e. The Morgan fingerprint density at radius 1 is 0.488 bits per heavy atom. The van der Waals surface area contributed by atoms with Crippen molar-refractivity contribution in [2.75, 3.05) is 4.90 Å². The van der Waals surface area contributed by atoms with E-state index in [1.807, 2.05) is 48.7 Å². The number of pyridine rings is 2. The lowest BCUT2D eigenvalue weighted by Gasteiger charge is -2.27. The number of fused-ring (bicyclic) bond motifs is 7. The third-order valence-corrected chi connectivity index (χ3v) is 8.14. The number of benzene rings is 5. The zero-order chi connectivity index (χ0) is 28.3. The topological polar surface area (TPSA) is 55.3 Å². The predicted molar refractivity (Wildman–Crippen MR) is 174 cm³/mol. The van der Waals surface area contributed by atoms with Crippen LogP contribution in [0.5, 0.6) is 0 Å². The van der Waals surface area contributed by atoms with Crippen molar-refractivity contribution in [1.82, 2.24) is 9.97 Å². The Kier molecular flexibility index (Phi) is 5.13. The minimum atomic E-state index is 0.628. The third kappa shape index (κ3) is 3.79. The van der Waals surface area contributed by atoms with Crippen LogP contribution in [-0.2, 0) is 0 Å². The summed E-state index contributed by atoms with van der Waals surface area (Å²) in [5.74, 6) is 0. The Hall–Kier alpha value is -5.94. The summed E-state index contributed by atoms with van der Waals surface area (Å²) in [6, 6.07) is 43.9. The number of aromatic nitrogens is 2. The molecule has 5 aromatic carbocycles. The van der Waals surface area contributed by atoms with Crippen LogP contribution in [0.15, 0.2) is 149 Å². The molecule has 202 valence electrons. The maximum atomic E-state index is 6.29. The monoisotopic (exact) mass is 553 g/mol. The molecule has 0 radical (unpaired) electrons. The third-order valence-electron chi connectivity index (χ3n) is 8.14. The molecule has 0 N–H and O–H groups in total. The lowest BCUT2D eigenvalue weighted by atomic mass is 9.98. The summed E-state index contributed by atoms with van der Waals surface area (Å²) in [4.78, 5) is 11.6. The largest absolute Gasteiger partial charge is 0.454 e. The summed E-state index contributed by atoms with van der Waals surface area (Å²) >= 11 is 0. The van der Waals surface area contributed by atoms with Gasteiger partial charge in [-0.15, -0.1) is 0 Å². The van der Waals surface area contributed by atoms with Crippen LogP contribution in [-0.4, -0.2) is 9.97 Å². The van der Waals surface area contributed by atoms with E-state index < -0.39 is 0 Å². The van der Waals surface area contributed by atoms with E-state index in [0.717, 1.165) is 77.4 Å². The summed E-state index contributed by atoms with van der Waals surface area (Å²) in [6.45, 7) is 0. The fraction of sp³-hybridized carbons (Fsp3) is 0. The molecule has 0 bridgehead atoms. The van der Waals surface area contributed by atoms with Gasteiger partial charge >= 0.3 is 0 Å². The van der Waals surface area contributed by atoms with Crippen LogP contribution in [0.4, 0.5) is 17.1 Å². The van der Waals surface area contributed by atoms with E-state index in [9.17, 15) is 0 Å². The van der Waals surface area contributed by atoms with Crippen LogP contribution in [0.1, 0.15) is 0 Å². The number of rotatable bonds is 4. The van der Waals surface area contributed by atoms with Gasteiger partial charge in [0.25, 0.3) is 0 Å². The molecule has 5 nitrogen and oxygen atoms in total. The molecular formula is C38H23N3O2. The van der Waals surface area contributed by atoms with E-state index in [1.54, 1.807) is 6.20 Å². The molecule has 4 aromatic heterocycles. The first-order valence-corrected chi connectivity index (χ1v) is 14.2. The molecule has 0 aliphatic heterocycles. The molecule has 4 heterocycles. The van der Waals surface area contributed by atoms with Gasteiger partial charge in [0.2, 0.25) is 5.71 Å². The lowest BCUT2D eigenvalue weighted by Crippen LogP contribution is -2.11. The van der Waals surface area contributed by atoms with Crippen molar-refractivity contribution < 1.29 is 8.83 Å². The van der Waals surface area contributed by atoms with E-state index >= 15 is 0 Å². The Labute approximate surface area is 246 Å². The molecule has 0 saturated carbocycles. The van der Waals surface area contributed by atoms with Crippen LogP contribution in [0, 0.1) is 0 Å². The van der Waals surface area contributed by atoms with Gasteiger partial charge in [0.1, 0.15) is 16.7 Å². The molecule has 0 atom stereocenters. The molecule has 43 heavy (non-hydrogen) atoms. The molecule has 0 aliphatic rings. The molecule has 0 saturated heterocycles. The van der Waals surface area contributed by atoms with Gasteiger partial charge < -0.3 is 13.7 Å². The zero-order valence-corrected chi connectivity index (χ0v) is 22.9. The van der Waals surface area contributed by atoms with Gasteiger partial charge in [-0.25, -0.2) is 9.97 Å². The Balaban J connectivity index is 1.34. The van der Waals surface area contributed by atoms with Gasteiger partial charge in [-0.05, 0) is 65.0 Å². The van der Waals surface area contributed by atoms with E-state index in [0.29, 0.717) is 5.71 Å². The first kappa shape index (κ1) is 23.7. The van der Waals surface area contributed by atoms with Gasteiger partial charge in [-0.1, -0.05) is 66.7 Å². The van der Waals surface area contributed by atoms with E-state index in [2.05, 4.69) is 94.8 Å². The molecule has 0 amide bonds. The maximum absolute atomic E-state index is 6.29. The first-order chi connectivity index (χ1) is 21.3. The SMILES string of the molecule is c1ccc(-c2cc(N(c3ccc4c(c3)oc3ncccc34)c3cnc4c(c3)oc3ccccc34)c3ccccc3c2)cc1. The van der Waals surface area contributed by atoms with Crippen molar-refractivity contribution in [3.8, 4) is 11.1 Å². The van der Waals surface area contributed by atoms with E-state index in [4.69, 9.17) is 13.8 Å². The minimum Gasteiger partial charge on any atom is -0.454 e. The van der Waals surface area contributed by atoms with Crippen LogP contribution >= 0.6 is 0 Å². The van der Waals surface area contributed by atoms with Crippen molar-refractivity contribution in [3.63, 3.8) is 0 Å². The van der Waals surface area contributed by atoms with Crippen molar-refractivity contribution in [1.29, 1.82) is 0 Å². The molecule has 0 spiro atoms. The number of para-hydroxylation sites is 1. The standard InChI is InChI=1S/C38H23N3O2/c1-2-9-24(10-3-1)26-19-25-11-4-5-12-29(25)33(20-26)41(27-16-17-30-31-14-8-18-39-38(31)43-35(30)21-27)28-22-36-37(40-23-28)32-13-6-7-15-34(32)42-36/h1-23H. The molecule has 9 aromatic rings. The molecular weight excluding hydrogens is 530 g/mol. The summed E-state index contributed by atoms with van der Waals surface area (Å²) in [6.07, 6.45) is 3.69. The zero-order valence-electron chi connectivity index (χ0n) is 22.9. The summed E-state index contributed by atoms with van der Waals surface area (Å²) < 4.78 is 12.5. The Morgan fingerprint density at radius 2 is 1.28 bits per heavy atom. The fourth-order valence-electron chi connectivity index (χ4n) is 6.14. The fourth-order valence-corrected chi connectivity index (χ4v) is 6.14. The number of hydrogen-bond donors (Lipinski definition) is 0. The highest BCUT2D eigenvalue weighted by Gasteiger charge is 2.21. The quantitative estimate of drug-likeness (QED) is 0.217. The second-order valence-electron chi connectivity index (χ2n) is 10.7. The molecule has 0 fully saturated rings. The van der Waals surface area contributed by atoms with Crippen LogP contribution < -0.4 is 4.90 Å². The molecule has 5 heteroatoms. The van der Waals surface area contributed by atoms with Crippen molar-refractivity contribution >= 4 is 72.0 Å². The number of furan rings is 2. The average Bonchev–Trinajstić information content (AvgIpc) is 3.63. The number of nitrogens with zero attached hydrogens (tertiary/aromatic N) is 3. The first-order valence-electron chi connectivity index (χ1n) is 14.2. The Bertz CT molecular complexity index is 2360. The number of hydrogen-bond acceptors (Lipinski definition) is 5. The van der Waals surface area contributed by atoms with E-state index in [1.165, 1.54) is 0 Å². The predicted octanol–water partition coefficient (Wildman–Crippen LogP) is 10.6. The Morgan fingerprint density at radius 3 is 2.21 bits per heavy atom. The van der Waals surface area contributed by atoms with Crippen molar-refractivity contribution in [3.05, 3.63) is 140 Å². The summed E-state index contributed by atoms with van der Waals surface area (Å²) in [7, 11) is 0. The van der Waals surface area contributed by atoms with Crippen LogP contribution in [0.3, 0.4) is 0 Å². The lowest BCUT2D eigenvalue weighted by molar-refractivity contribution is 0.654. The summed E-state index contributed by atoms with van der Waals surface area (Å²) in [5, 5.41) is 5.30. The van der Waals surface area contributed by atoms with Gasteiger partial charge in [-0.3, -0.25) is 0 Å². The second-order valence-corrected chi connectivity index (χ2v) is 10.7.